The Kier molecular flexibility index (Phi) is 6.57. The second-order valence-corrected chi connectivity index (χ2v) is 5.58. The number of amides is 1. The predicted molar refractivity (Wildman–Crippen MR) is 95.8 cm³/mol. The summed E-state index contributed by atoms with van der Waals surface area (Å²) in [5, 5.41) is 11.9. The van der Waals surface area contributed by atoms with Crippen LogP contribution < -0.4 is 14.8 Å². The number of anilines is 1. The van der Waals surface area contributed by atoms with Gasteiger partial charge < -0.3 is 24.6 Å². The fourth-order valence-electron chi connectivity index (χ4n) is 2.29. The molecule has 0 fully saturated rings. The van der Waals surface area contributed by atoms with Crippen molar-refractivity contribution < 1.29 is 28.9 Å². The van der Waals surface area contributed by atoms with Gasteiger partial charge in [0.1, 0.15) is 11.5 Å². The Morgan fingerprint density at radius 1 is 1.08 bits per heavy atom. The molecule has 2 aromatic carbocycles. The SMILES string of the molecule is COCc1cc(NC(=O)C(C)Oc2ccc(OC)cc2)cc(C(=O)O)c1. The standard InChI is InChI=1S/C19H21NO6/c1-12(26-17-6-4-16(25-3)5-7-17)18(21)20-15-9-13(11-24-2)8-14(10-15)19(22)23/h4-10,12H,11H2,1-3H3,(H,20,21)(H,22,23). The van der Waals surface area contributed by atoms with Crippen molar-refractivity contribution in [3.05, 3.63) is 53.6 Å². The summed E-state index contributed by atoms with van der Waals surface area (Å²) in [4.78, 5) is 23.6. The first kappa shape index (κ1) is 19.3. The van der Waals surface area contributed by atoms with E-state index in [1.54, 1.807) is 44.4 Å². The van der Waals surface area contributed by atoms with Crippen LogP contribution in [0, 0.1) is 0 Å². The maximum absolute atomic E-state index is 12.4. The van der Waals surface area contributed by atoms with Gasteiger partial charge in [-0.15, -0.1) is 0 Å². The average molecular weight is 359 g/mol. The molecule has 0 bridgehead atoms. The molecule has 1 amide bonds. The molecule has 0 saturated carbocycles. The van der Waals surface area contributed by atoms with E-state index in [4.69, 9.17) is 14.2 Å². The third-order valence-corrected chi connectivity index (χ3v) is 3.56. The number of hydrogen-bond acceptors (Lipinski definition) is 5. The number of carbonyl (C=O) groups is 2. The summed E-state index contributed by atoms with van der Waals surface area (Å²) >= 11 is 0. The molecule has 0 aliphatic heterocycles. The van der Waals surface area contributed by atoms with Gasteiger partial charge in [-0.3, -0.25) is 4.79 Å². The van der Waals surface area contributed by atoms with Gasteiger partial charge in [-0.1, -0.05) is 0 Å². The lowest BCUT2D eigenvalue weighted by Gasteiger charge is -2.16. The molecule has 0 saturated heterocycles. The van der Waals surface area contributed by atoms with E-state index >= 15 is 0 Å². The maximum Gasteiger partial charge on any atom is 0.335 e. The van der Waals surface area contributed by atoms with Gasteiger partial charge in [0.25, 0.3) is 5.91 Å². The number of hydrogen-bond donors (Lipinski definition) is 2. The number of carbonyl (C=O) groups excluding carboxylic acids is 1. The van der Waals surface area contributed by atoms with Crippen molar-refractivity contribution in [3.63, 3.8) is 0 Å². The minimum absolute atomic E-state index is 0.0681. The normalized spacial score (nSPS) is 11.5. The van der Waals surface area contributed by atoms with E-state index in [2.05, 4.69) is 5.32 Å². The molecule has 0 heterocycles. The smallest absolute Gasteiger partial charge is 0.335 e. The fraction of sp³-hybridized carbons (Fsp3) is 0.263. The predicted octanol–water partition coefficient (Wildman–Crippen LogP) is 2.95. The first-order chi connectivity index (χ1) is 12.4. The molecular weight excluding hydrogens is 338 g/mol. The number of benzene rings is 2. The highest BCUT2D eigenvalue weighted by Crippen LogP contribution is 2.20. The lowest BCUT2D eigenvalue weighted by molar-refractivity contribution is -0.122. The molecule has 7 heteroatoms. The minimum atomic E-state index is -1.08. The summed E-state index contributed by atoms with van der Waals surface area (Å²) in [6.07, 6.45) is -0.775. The molecular formula is C19H21NO6. The highest BCUT2D eigenvalue weighted by atomic mass is 16.5. The van der Waals surface area contributed by atoms with Crippen molar-refractivity contribution in [2.45, 2.75) is 19.6 Å². The van der Waals surface area contributed by atoms with Crippen molar-refractivity contribution in [1.29, 1.82) is 0 Å². The molecule has 26 heavy (non-hydrogen) atoms. The number of carboxylic acids is 1. The Balaban J connectivity index is 2.08. The van der Waals surface area contributed by atoms with E-state index in [0.717, 1.165) is 0 Å². The quantitative estimate of drug-likeness (QED) is 0.753. The summed E-state index contributed by atoms with van der Waals surface area (Å²) < 4.78 is 15.7. The van der Waals surface area contributed by atoms with E-state index in [9.17, 15) is 14.7 Å². The first-order valence-corrected chi connectivity index (χ1v) is 7.90. The maximum atomic E-state index is 12.4. The summed E-state index contributed by atoms with van der Waals surface area (Å²) in [6, 6.07) is 11.4. The third-order valence-electron chi connectivity index (χ3n) is 3.56. The van der Waals surface area contributed by atoms with E-state index in [1.807, 2.05) is 0 Å². The number of nitrogens with one attached hydrogen (secondary N) is 1. The largest absolute Gasteiger partial charge is 0.497 e. The van der Waals surface area contributed by atoms with Gasteiger partial charge in [-0.25, -0.2) is 4.79 Å². The zero-order chi connectivity index (χ0) is 19.1. The number of ether oxygens (including phenoxy) is 3. The molecule has 2 rings (SSSR count). The van der Waals surface area contributed by atoms with Crippen molar-refractivity contribution >= 4 is 17.6 Å². The monoisotopic (exact) mass is 359 g/mol. The van der Waals surface area contributed by atoms with Crippen molar-refractivity contribution in [2.75, 3.05) is 19.5 Å². The van der Waals surface area contributed by atoms with E-state index < -0.39 is 18.0 Å². The fourth-order valence-corrected chi connectivity index (χ4v) is 2.29. The van der Waals surface area contributed by atoms with Gasteiger partial charge in [0.15, 0.2) is 6.10 Å². The number of rotatable bonds is 8. The second kappa shape index (κ2) is 8.87. The van der Waals surface area contributed by atoms with Crippen LogP contribution in [0.4, 0.5) is 5.69 Å². The van der Waals surface area contributed by atoms with Crippen LogP contribution in [0.1, 0.15) is 22.8 Å². The Labute approximate surface area is 151 Å². The Morgan fingerprint density at radius 3 is 2.31 bits per heavy atom. The zero-order valence-electron chi connectivity index (χ0n) is 14.8. The number of carboxylic acid groups (broad SMARTS) is 1. The Morgan fingerprint density at radius 2 is 1.73 bits per heavy atom. The Bertz CT molecular complexity index is 772. The lowest BCUT2D eigenvalue weighted by atomic mass is 10.1. The van der Waals surface area contributed by atoms with E-state index in [0.29, 0.717) is 22.7 Å². The summed E-state index contributed by atoms with van der Waals surface area (Å²) in [6.45, 7) is 1.85. The van der Waals surface area contributed by atoms with Crippen molar-refractivity contribution in [1.82, 2.24) is 0 Å². The molecule has 1 atom stereocenters. The molecule has 0 aromatic heterocycles. The topological polar surface area (TPSA) is 94.1 Å². The van der Waals surface area contributed by atoms with Gasteiger partial charge in [-0.05, 0) is 55.0 Å². The molecule has 0 radical (unpaired) electrons. The van der Waals surface area contributed by atoms with Crippen LogP contribution in [0.15, 0.2) is 42.5 Å². The van der Waals surface area contributed by atoms with Crippen LogP contribution in [-0.2, 0) is 16.1 Å². The number of aromatic carboxylic acids is 1. The zero-order valence-corrected chi connectivity index (χ0v) is 14.8. The Hall–Kier alpha value is -3.06. The molecule has 138 valence electrons. The highest BCUT2D eigenvalue weighted by molar-refractivity contribution is 5.96. The first-order valence-electron chi connectivity index (χ1n) is 7.90. The van der Waals surface area contributed by atoms with Crippen LogP contribution in [-0.4, -0.2) is 37.3 Å². The molecule has 0 aliphatic rings. The van der Waals surface area contributed by atoms with Crippen molar-refractivity contribution in [2.24, 2.45) is 0 Å². The van der Waals surface area contributed by atoms with Gasteiger partial charge in [0, 0.05) is 12.8 Å². The van der Waals surface area contributed by atoms with Crippen LogP contribution in [0.25, 0.3) is 0 Å². The highest BCUT2D eigenvalue weighted by Gasteiger charge is 2.16. The average Bonchev–Trinajstić information content (AvgIpc) is 2.62. The second-order valence-electron chi connectivity index (χ2n) is 5.58. The van der Waals surface area contributed by atoms with Gasteiger partial charge in [-0.2, -0.15) is 0 Å². The summed E-state index contributed by atoms with van der Waals surface area (Å²) in [5.74, 6) is -0.272. The van der Waals surface area contributed by atoms with E-state index in [1.165, 1.54) is 19.2 Å². The van der Waals surface area contributed by atoms with Gasteiger partial charge in [0.05, 0.1) is 19.3 Å². The summed E-state index contributed by atoms with van der Waals surface area (Å²) in [5.41, 5.74) is 1.08. The minimum Gasteiger partial charge on any atom is -0.497 e. The van der Waals surface area contributed by atoms with Crippen LogP contribution in [0.5, 0.6) is 11.5 Å². The van der Waals surface area contributed by atoms with E-state index in [-0.39, 0.29) is 12.2 Å². The third kappa shape index (κ3) is 5.22. The van der Waals surface area contributed by atoms with Crippen LogP contribution in [0.3, 0.4) is 0 Å². The van der Waals surface area contributed by atoms with Crippen molar-refractivity contribution in [3.8, 4) is 11.5 Å². The number of methoxy groups -OCH3 is 2. The lowest BCUT2D eigenvalue weighted by Crippen LogP contribution is -2.30. The molecule has 0 spiro atoms. The molecule has 2 N–H and O–H groups in total. The van der Waals surface area contributed by atoms with Crippen LogP contribution in [0.2, 0.25) is 0 Å². The molecule has 2 aromatic rings. The summed E-state index contributed by atoms with van der Waals surface area (Å²) in [7, 11) is 3.07. The van der Waals surface area contributed by atoms with Gasteiger partial charge in [0.2, 0.25) is 0 Å². The molecule has 0 aliphatic carbocycles. The van der Waals surface area contributed by atoms with Gasteiger partial charge >= 0.3 is 5.97 Å². The van der Waals surface area contributed by atoms with Crippen LogP contribution >= 0.6 is 0 Å². The molecule has 1 unspecified atom stereocenters. The molecule has 7 nitrogen and oxygen atoms in total.